The Morgan fingerprint density at radius 1 is 1.42 bits per heavy atom. The van der Waals surface area contributed by atoms with E-state index in [2.05, 4.69) is 4.74 Å². The molecule has 0 saturated carbocycles. The summed E-state index contributed by atoms with van der Waals surface area (Å²) in [6, 6.07) is -0.748. The molecule has 2 atom stereocenters. The zero-order chi connectivity index (χ0) is 14.6. The van der Waals surface area contributed by atoms with Crippen LogP contribution >= 0.6 is 0 Å². The molecule has 19 heavy (non-hydrogen) atoms. The van der Waals surface area contributed by atoms with Crippen LogP contribution in [0.15, 0.2) is 0 Å². The number of carbonyl (C=O) groups is 2. The third-order valence-electron chi connectivity index (χ3n) is 3.04. The summed E-state index contributed by atoms with van der Waals surface area (Å²) in [4.78, 5) is 25.0. The summed E-state index contributed by atoms with van der Waals surface area (Å²) in [5.74, 6) is -0.448. The average molecular weight is 272 g/mol. The van der Waals surface area contributed by atoms with E-state index in [0.717, 1.165) is 12.8 Å². The molecule has 1 aliphatic heterocycles. The van der Waals surface area contributed by atoms with Crippen LogP contribution in [0.4, 0.5) is 4.79 Å². The SMILES string of the molecule is COC(=O)C(N)C[C@H]1CCCN1C(=O)OC(C)(C)C. The number of nitrogens with zero attached hydrogens (tertiary/aromatic N) is 1. The monoisotopic (exact) mass is 272 g/mol. The first kappa shape index (κ1) is 15.8. The van der Waals surface area contributed by atoms with Crippen molar-refractivity contribution in [2.24, 2.45) is 5.73 Å². The molecule has 0 aromatic heterocycles. The molecule has 0 aliphatic carbocycles. The first-order chi connectivity index (χ1) is 8.74. The molecule has 0 aromatic carbocycles. The summed E-state index contributed by atoms with van der Waals surface area (Å²) in [6.45, 7) is 6.13. The Morgan fingerprint density at radius 3 is 2.58 bits per heavy atom. The summed E-state index contributed by atoms with van der Waals surface area (Å²) in [7, 11) is 1.31. The number of ether oxygens (including phenoxy) is 2. The number of methoxy groups -OCH3 is 1. The lowest BCUT2D eigenvalue weighted by molar-refractivity contribution is -0.142. The Hall–Kier alpha value is -1.30. The predicted molar refractivity (Wildman–Crippen MR) is 70.6 cm³/mol. The van der Waals surface area contributed by atoms with Crippen LogP contribution in [0.5, 0.6) is 0 Å². The second-order valence-electron chi connectivity index (χ2n) is 5.84. The van der Waals surface area contributed by atoms with Crippen molar-refractivity contribution in [3.63, 3.8) is 0 Å². The molecule has 1 heterocycles. The minimum atomic E-state index is -0.696. The van der Waals surface area contributed by atoms with E-state index in [1.165, 1.54) is 7.11 Å². The van der Waals surface area contributed by atoms with Crippen LogP contribution in [0.3, 0.4) is 0 Å². The fourth-order valence-corrected chi connectivity index (χ4v) is 2.18. The smallest absolute Gasteiger partial charge is 0.410 e. The van der Waals surface area contributed by atoms with Gasteiger partial charge in [-0.1, -0.05) is 0 Å². The standard InChI is InChI=1S/C13H24N2O4/c1-13(2,3)19-12(17)15-7-5-6-9(15)8-10(14)11(16)18-4/h9-10H,5-8,14H2,1-4H3/t9-,10?/m1/s1. The quantitative estimate of drug-likeness (QED) is 0.782. The van der Waals surface area contributed by atoms with Gasteiger partial charge in [-0.05, 0) is 40.0 Å². The summed E-state index contributed by atoms with van der Waals surface area (Å²) in [5.41, 5.74) is 5.22. The van der Waals surface area contributed by atoms with E-state index in [9.17, 15) is 9.59 Å². The van der Waals surface area contributed by atoms with Gasteiger partial charge in [-0.25, -0.2) is 4.79 Å². The van der Waals surface area contributed by atoms with E-state index in [-0.39, 0.29) is 12.1 Å². The number of hydrogen-bond acceptors (Lipinski definition) is 5. The second kappa shape index (κ2) is 6.23. The van der Waals surface area contributed by atoms with Gasteiger partial charge in [-0.2, -0.15) is 0 Å². The van der Waals surface area contributed by atoms with Gasteiger partial charge in [-0.3, -0.25) is 4.79 Å². The zero-order valence-corrected chi connectivity index (χ0v) is 12.1. The third-order valence-corrected chi connectivity index (χ3v) is 3.04. The van der Waals surface area contributed by atoms with Crippen LogP contribution in [-0.4, -0.2) is 48.3 Å². The molecular formula is C13H24N2O4. The molecule has 1 saturated heterocycles. The van der Waals surface area contributed by atoms with Crippen molar-refractivity contribution >= 4 is 12.1 Å². The number of nitrogens with two attached hydrogens (primary N) is 1. The lowest BCUT2D eigenvalue weighted by atomic mass is 10.1. The lowest BCUT2D eigenvalue weighted by Crippen LogP contribution is -2.44. The van der Waals surface area contributed by atoms with Gasteiger partial charge < -0.3 is 20.1 Å². The maximum atomic E-state index is 12.0. The molecule has 6 heteroatoms. The van der Waals surface area contributed by atoms with Gasteiger partial charge in [0.05, 0.1) is 7.11 Å². The van der Waals surface area contributed by atoms with Gasteiger partial charge in [0.25, 0.3) is 0 Å². The molecule has 1 fully saturated rings. The summed E-state index contributed by atoms with van der Waals surface area (Å²) < 4.78 is 9.95. The number of likely N-dealkylation sites (tertiary alicyclic amines) is 1. The van der Waals surface area contributed by atoms with Crippen molar-refractivity contribution in [3.8, 4) is 0 Å². The van der Waals surface area contributed by atoms with E-state index in [4.69, 9.17) is 10.5 Å². The average Bonchev–Trinajstić information content (AvgIpc) is 2.73. The number of amides is 1. The van der Waals surface area contributed by atoms with Crippen LogP contribution in [0.25, 0.3) is 0 Å². The Morgan fingerprint density at radius 2 is 2.05 bits per heavy atom. The van der Waals surface area contributed by atoms with Crippen molar-refractivity contribution in [3.05, 3.63) is 0 Å². The molecule has 1 amide bonds. The van der Waals surface area contributed by atoms with Gasteiger partial charge >= 0.3 is 12.1 Å². The van der Waals surface area contributed by atoms with Crippen LogP contribution in [0.2, 0.25) is 0 Å². The molecule has 2 N–H and O–H groups in total. The highest BCUT2D eigenvalue weighted by atomic mass is 16.6. The fourth-order valence-electron chi connectivity index (χ4n) is 2.18. The Bertz CT molecular complexity index is 338. The largest absolute Gasteiger partial charge is 0.468 e. The predicted octanol–water partition coefficient (Wildman–Crippen LogP) is 1.28. The van der Waals surface area contributed by atoms with Crippen LogP contribution < -0.4 is 5.73 Å². The molecule has 1 aliphatic rings. The lowest BCUT2D eigenvalue weighted by Gasteiger charge is -2.29. The molecule has 0 bridgehead atoms. The molecule has 0 spiro atoms. The van der Waals surface area contributed by atoms with Gasteiger partial charge in [0.15, 0.2) is 0 Å². The molecule has 110 valence electrons. The number of carbonyl (C=O) groups excluding carboxylic acids is 2. The number of hydrogen-bond donors (Lipinski definition) is 1. The van der Waals surface area contributed by atoms with Crippen molar-refractivity contribution in [2.45, 2.75) is 57.7 Å². The Balaban J connectivity index is 2.59. The topological polar surface area (TPSA) is 81.9 Å². The van der Waals surface area contributed by atoms with Crippen LogP contribution in [0.1, 0.15) is 40.0 Å². The van der Waals surface area contributed by atoms with Gasteiger partial charge in [0.1, 0.15) is 11.6 Å². The van der Waals surface area contributed by atoms with Crippen molar-refractivity contribution < 1.29 is 19.1 Å². The fraction of sp³-hybridized carbons (Fsp3) is 0.846. The molecule has 1 rings (SSSR count). The van der Waals surface area contributed by atoms with Gasteiger partial charge in [0.2, 0.25) is 0 Å². The van der Waals surface area contributed by atoms with Crippen LogP contribution in [-0.2, 0) is 14.3 Å². The number of rotatable bonds is 3. The zero-order valence-electron chi connectivity index (χ0n) is 12.1. The van der Waals surface area contributed by atoms with E-state index in [1.807, 2.05) is 20.8 Å². The van der Waals surface area contributed by atoms with Gasteiger partial charge in [-0.15, -0.1) is 0 Å². The molecule has 1 unspecified atom stereocenters. The van der Waals surface area contributed by atoms with E-state index >= 15 is 0 Å². The normalized spacial score (nSPS) is 21.1. The first-order valence-corrected chi connectivity index (χ1v) is 6.57. The summed E-state index contributed by atoms with van der Waals surface area (Å²) in [6.07, 6.45) is 1.81. The van der Waals surface area contributed by atoms with Crippen molar-refractivity contribution in [1.82, 2.24) is 4.90 Å². The van der Waals surface area contributed by atoms with E-state index in [0.29, 0.717) is 13.0 Å². The van der Waals surface area contributed by atoms with Crippen molar-refractivity contribution in [1.29, 1.82) is 0 Å². The highest BCUT2D eigenvalue weighted by Crippen LogP contribution is 2.23. The third kappa shape index (κ3) is 4.70. The minimum Gasteiger partial charge on any atom is -0.468 e. The van der Waals surface area contributed by atoms with Crippen LogP contribution in [0, 0.1) is 0 Å². The molecule has 6 nitrogen and oxygen atoms in total. The molecule has 0 radical (unpaired) electrons. The highest BCUT2D eigenvalue weighted by Gasteiger charge is 2.34. The van der Waals surface area contributed by atoms with E-state index < -0.39 is 17.6 Å². The first-order valence-electron chi connectivity index (χ1n) is 6.57. The molecule has 0 aromatic rings. The van der Waals surface area contributed by atoms with Crippen molar-refractivity contribution in [2.75, 3.05) is 13.7 Å². The number of esters is 1. The maximum Gasteiger partial charge on any atom is 0.410 e. The maximum absolute atomic E-state index is 12.0. The molecular weight excluding hydrogens is 248 g/mol. The summed E-state index contributed by atoms with van der Waals surface area (Å²) in [5, 5.41) is 0. The Labute approximate surface area is 114 Å². The minimum absolute atomic E-state index is 0.0519. The second-order valence-corrected chi connectivity index (χ2v) is 5.84. The highest BCUT2D eigenvalue weighted by molar-refractivity contribution is 5.75. The van der Waals surface area contributed by atoms with Gasteiger partial charge in [0, 0.05) is 12.6 Å². The Kier molecular flexibility index (Phi) is 5.17. The van der Waals surface area contributed by atoms with E-state index in [1.54, 1.807) is 4.90 Å². The summed E-state index contributed by atoms with van der Waals surface area (Å²) >= 11 is 0.